The van der Waals surface area contributed by atoms with Crippen LogP contribution < -0.4 is 9.80 Å². The Labute approximate surface area is 445 Å². The van der Waals surface area contributed by atoms with Crippen molar-refractivity contribution in [2.75, 3.05) is 9.80 Å². The lowest BCUT2D eigenvalue weighted by Crippen LogP contribution is -2.41. The number of benzene rings is 13. The summed E-state index contributed by atoms with van der Waals surface area (Å²) in [5.74, 6) is -2.88. The van der Waals surface area contributed by atoms with E-state index in [9.17, 15) is 20.4 Å². The van der Waals surface area contributed by atoms with E-state index in [-0.39, 0.29) is 68.9 Å². The SMILES string of the molecule is CC(C)c1cccc(C(C)C)c1N1C(=O)c2cc(O)c3c4ccc5c6ccc7c8c(O)cc9c%10c(cc(O)c(c%11ccc(c%12ccc(c%13c(O)cc(c2c3%13)C1=O)c4c5%12)c6c7%11)c%108)C(=O)N(c1c(C(C)C)cccc1C(C)C)C9=O. The van der Waals surface area contributed by atoms with Crippen LogP contribution in [0.25, 0.3) is 108 Å². The molecule has 0 fully saturated rings. The van der Waals surface area contributed by atoms with Crippen LogP contribution in [0.5, 0.6) is 23.0 Å². The summed E-state index contributed by atoms with van der Waals surface area (Å²) in [6, 6.07) is 33.5. The monoisotopic (exact) mass is 1020 g/mol. The summed E-state index contributed by atoms with van der Waals surface area (Å²) in [6.07, 6.45) is 0. The van der Waals surface area contributed by atoms with Gasteiger partial charge in [-0.1, -0.05) is 140 Å². The number of aromatic hydroxyl groups is 4. The molecule has 13 aromatic carbocycles. The number of hydrogen-bond donors (Lipinski definition) is 4. The second-order valence-electron chi connectivity index (χ2n) is 23.0. The number of phenols is 4. The Kier molecular flexibility index (Phi) is 8.99. The summed E-state index contributed by atoms with van der Waals surface area (Å²) in [5, 5.41) is 62.3. The highest BCUT2D eigenvalue weighted by atomic mass is 16.3. The van der Waals surface area contributed by atoms with Gasteiger partial charge in [0.1, 0.15) is 23.0 Å². The van der Waals surface area contributed by atoms with Gasteiger partial charge in [0.05, 0.1) is 33.6 Å². The van der Waals surface area contributed by atoms with Gasteiger partial charge in [-0.15, -0.1) is 0 Å². The Balaban J connectivity index is 0.981. The minimum absolute atomic E-state index is 0.0171. The van der Waals surface area contributed by atoms with E-state index >= 15 is 19.2 Å². The summed E-state index contributed by atoms with van der Waals surface area (Å²) in [7, 11) is 0. The molecule has 2 aliphatic rings. The molecule has 0 aromatic heterocycles. The second-order valence-corrected chi connectivity index (χ2v) is 23.0. The molecule has 0 atom stereocenters. The minimum atomic E-state index is -0.546. The fourth-order valence-corrected chi connectivity index (χ4v) is 14.3. The number of nitrogens with zero attached hydrogens (tertiary/aromatic N) is 2. The van der Waals surface area contributed by atoms with Gasteiger partial charge in [0, 0.05) is 43.1 Å². The van der Waals surface area contributed by atoms with Crippen LogP contribution >= 0.6 is 0 Å². The Morgan fingerprint density at radius 3 is 0.731 bits per heavy atom. The van der Waals surface area contributed by atoms with Crippen molar-refractivity contribution in [1.29, 1.82) is 0 Å². The highest BCUT2D eigenvalue weighted by molar-refractivity contribution is 6.50. The van der Waals surface area contributed by atoms with E-state index in [1.165, 1.54) is 34.1 Å². The summed E-state index contributed by atoms with van der Waals surface area (Å²) in [6.45, 7) is 16.2. The minimum Gasteiger partial charge on any atom is -0.507 e. The molecule has 380 valence electrons. The molecular weight excluding hydrogens is 973 g/mol. The predicted molar refractivity (Wildman–Crippen MR) is 313 cm³/mol. The van der Waals surface area contributed by atoms with Crippen LogP contribution in [0.3, 0.4) is 0 Å². The average molecular weight is 1020 g/mol. The number of phenolic OH excluding ortho intramolecular Hbond substituents is 4. The van der Waals surface area contributed by atoms with Crippen molar-refractivity contribution in [2.45, 2.75) is 79.1 Å². The van der Waals surface area contributed by atoms with Crippen LogP contribution in [0.1, 0.15) is 143 Å². The van der Waals surface area contributed by atoms with Crippen molar-refractivity contribution in [3.63, 3.8) is 0 Å². The standard InChI is InChI=1S/C68H50N2O8/c1-27(2)31-11-9-12-32(28(3)4)63(31)69-65(75)43-23-47(71)57-39-19-15-35-37-17-21-41-54-42(22-18-38(52(37)54)36-16-20-40(53(39)51(35)36)58-48(72)24-44(66(69)76)55(43)61(57)58)60-50(74)26-46-56-45(25-49(73)59(41)62(56)60)67(77)70(68(46)78)64-33(29(5)6)13-10-14-34(64)30(7)8/h9-30,71-74H,1-8H3. The van der Waals surface area contributed by atoms with E-state index in [1.807, 2.05) is 140 Å². The van der Waals surface area contributed by atoms with Crippen molar-refractivity contribution >= 4 is 143 Å². The predicted octanol–water partition coefficient (Wildman–Crippen LogP) is 16.4. The smallest absolute Gasteiger partial charge is 0.266 e. The molecule has 0 saturated heterocycles. The average Bonchev–Trinajstić information content (AvgIpc) is 2.82. The molecule has 0 aliphatic carbocycles. The summed E-state index contributed by atoms with van der Waals surface area (Å²) in [5.41, 5.74) is 5.11. The molecule has 4 amide bonds. The van der Waals surface area contributed by atoms with Gasteiger partial charge >= 0.3 is 0 Å². The molecule has 0 spiro atoms. The fraction of sp³-hybridized carbons (Fsp3) is 0.176. The van der Waals surface area contributed by atoms with Gasteiger partial charge in [-0.2, -0.15) is 0 Å². The van der Waals surface area contributed by atoms with E-state index in [4.69, 9.17) is 0 Å². The van der Waals surface area contributed by atoms with E-state index < -0.39 is 23.6 Å². The molecule has 2 heterocycles. The molecule has 0 unspecified atom stereocenters. The summed E-state index contributed by atoms with van der Waals surface area (Å²) >= 11 is 0. The molecule has 4 N–H and O–H groups in total. The number of hydrogen-bond acceptors (Lipinski definition) is 8. The zero-order valence-corrected chi connectivity index (χ0v) is 44.0. The first-order valence-corrected chi connectivity index (χ1v) is 26.8. The van der Waals surface area contributed by atoms with Crippen LogP contribution in [0.15, 0.2) is 109 Å². The number of amides is 4. The third kappa shape index (κ3) is 5.41. The Hall–Kier alpha value is -9.28. The van der Waals surface area contributed by atoms with Crippen molar-refractivity contribution in [2.24, 2.45) is 0 Å². The lowest BCUT2D eigenvalue weighted by molar-refractivity contribution is 0.0877. The molecule has 10 nitrogen and oxygen atoms in total. The third-order valence-electron chi connectivity index (χ3n) is 17.6. The molecular formula is C68H50N2O8. The van der Waals surface area contributed by atoms with Crippen LogP contribution in [0.4, 0.5) is 11.4 Å². The number of fused-ring (bicyclic) bond motifs is 6. The van der Waals surface area contributed by atoms with Crippen LogP contribution in [-0.4, -0.2) is 44.1 Å². The van der Waals surface area contributed by atoms with E-state index in [0.29, 0.717) is 76.0 Å². The quantitative estimate of drug-likeness (QED) is 0.0729. The molecule has 78 heavy (non-hydrogen) atoms. The summed E-state index contributed by atoms with van der Waals surface area (Å²) < 4.78 is 0. The fourth-order valence-electron chi connectivity index (χ4n) is 14.3. The molecule has 13 aromatic rings. The van der Waals surface area contributed by atoms with E-state index in [2.05, 4.69) is 0 Å². The van der Waals surface area contributed by atoms with E-state index in [0.717, 1.165) is 65.3 Å². The Morgan fingerprint density at radius 1 is 0.282 bits per heavy atom. The maximum absolute atomic E-state index is 15.0. The van der Waals surface area contributed by atoms with Gasteiger partial charge in [-0.25, -0.2) is 9.80 Å². The van der Waals surface area contributed by atoms with Crippen LogP contribution in [-0.2, 0) is 0 Å². The normalized spacial score (nSPS) is 14.4. The zero-order valence-electron chi connectivity index (χ0n) is 44.0. The first-order valence-electron chi connectivity index (χ1n) is 26.8. The largest absolute Gasteiger partial charge is 0.507 e. The molecule has 15 rings (SSSR count). The highest BCUT2D eigenvalue weighted by Gasteiger charge is 2.42. The molecule has 0 saturated carbocycles. The maximum atomic E-state index is 15.0. The van der Waals surface area contributed by atoms with Gasteiger partial charge in [0.25, 0.3) is 23.6 Å². The molecule has 0 bridgehead atoms. The Morgan fingerprint density at radius 2 is 0.500 bits per heavy atom. The highest BCUT2D eigenvalue weighted by Crippen LogP contribution is 2.57. The topological polar surface area (TPSA) is 156 Å². The van der Waals surface area contributed by atoms with Crippen LogP contribution in [0.2, 0.25) is 0 Å². The molecule has 2 aliphatic heterocycles. The van der Waals surface area contributed by atoms with Gasteiger partial charge < -0.3 is 20.4 Å². The number of imide groups is 2. The van der Waals surface area contributed by atoms with Crippen molar-refractivity contribution in [3.8, 4) is 23.0 Å². The van der Waals surface area contributed by atoms with Gasteiger partial charge in [0.15, 0.2) is 0 Å². The zero-order chi connectivity index (χ0) is 54.1. The number of carbonyl (C=O) groups excluding carboxylic acids is 4. The van der Waals surface area contributed by atoms with E-state index in [1.54, 1.807) is 0 Å². The number of anilines is 2. The van der Waals surface area contributed by atoms with Gasteiger partial charge in [-0.3, -0.25) is 19.2 Å². The van der Waals surface area contributed by atoms with Crippen LogP contribution in [0, 0.1) is 0 Å². The molecule has 0 radical (unpaired) electrons. The first-order chi connectivity index (χ1) is 37.4. The third-order valence-corrected chi connectivity index (χ3v) is 17.6. The lowest BCUT2D eigenvalue weighted by Gasteiger charge is -2.33. The van der Waals surface area contributed by atoms with Crippen molar-refractivity contribution in [3.05, 3.63) is 154 Å². The first kappa shape index (κ1) is 46.1. The Bertz CT molecular complexity index is 4410. The summed E-state index contributed by atoms with van der Waals surface area (Å²) in [4.78, 5) is 62.5. The van der Waals surface area contributed by atoms with Crippen molar-refractivity contribution < 1.29 is 39.6 Å². The number of rotatable bonds is 6. The van der Waals surface area contributed by atoms with Crippen molar-refractivity contribution in [1.82, 2.24) is 0 Å². The lowest BCUT2D eigenvalue weighted by atomic mass is 9.79. The number of carbonyl (C=O) groups is 4. The number of para-hydroxylation sites is 2. The maximum Gasteiger partial charge on any atom is 0.266 e. The van der Waals surface area contributed by atoms with Gasteiger partial charge in [0.2, 0.25) is 0 Å². The second kappa shape index (κ2) is 15.2. The molecule has 10 heteroatoms. The van der Waals surface area contributed by atoms with Gasteiger partial charge in [-0.05, 0) is 135 Å².